The van der Waals surface area contributed by atoms with Crippen molar-refractivity contribution >= 4 is 29.2 Å². The van der Waals surface area contributed by atoms with Gasteiger partial charge in [0.2, 0.25) is 11.9 Å². The lowest BCUT2D eigenvalue weighted by Gasteiger charge is -2.44. The van der Waals surface area contributed by atoms with Crippen molar-refractivity contribution in [1.82, 2.24) is 15.3 Å². The van der Waals surface area contributed by atoms with Gasteiger partial charge in [-0.15, -0.1) is 11.3 Å². The molecule has 3 atom stereocenters. The number of fused-ring (bicyclic) bond motifs is 1. The fourth-order valence-corrected chi connectivity index (χ4v) is 4.44. The summed E-state index contributed by atoms with van der Waals surface area (Å²) < 4.78 is 37.7. The Morgan fingerprint density at radius 3 is 2.59 bits per heavy atom. The van der Waals surface area contributed by atoms with E-state index in [1.165, 1.54) is 4.88 Å². The van der Waals surface area contributed by atoms with Crippen molar-refractivity contribution in [2.75, 3.05) is 24.6 Å². The Kier molecular flexibility index (Phi) is 8.02. The summed E-state index contributed by atoms with van der Waals surface area (Å²) in [6.45, 7) is 2.91. The molecule has 1 amide bonds. The molecule has 2 aromatic rings. The van der Waals surface area contributed by atoms with Crippen LogP contribution in [0.4, 0.5) is 19.1 Å². The van der Waals surface area contributed by atoms with Gasteiger partial charge in [0.25, 0.3) is 0 Å². The van der Waals surface area contributed by atoms with Crippen LogP contribution < -0.4 is 10.2 Å². The van der Waals surface area contributed by atoms with Gasteiger partial charge in [0.1, 0.15) is 0 Å². The number of rotatable bonds is 4. The maximum Gasteiger partial charge on any atom is 0.490 e. The Balaban J connectivity index is 0.000000360. The molecule has 12 heteroatoms. The summed E-state index contributed by atoms with van der Waals surface area (Å²) in [5.74, 6) is -1.70. The van der Waals surface area contributed by atoms with Gasteiger partial charge in [0.05, 0.1) is 12.6 Å². The number of carboxylic acids is 1. The highest BCUT2D eigenvalue weighted by Gasteiger charge is 2.42. The summed E-state index contributed by atoms with van der Waals surface area (Å²) in [6.07, 6.45) is 0.290. The molecular formula is C20H23F3N4O4S. The minimum absolute atomic E-state index is 0.00905. The van der Waals surface area contributed by atoms with Gasteiger partial charge in [0.15, 0.2) is 0 Å². The number of ether oxygens (including phenoxy) is 1. The summed E-state index contributed by atoms with van der Waals surface area (Å²) in [5.41, 5.74) is 0. The number of hydrogen-bond acceptors (Lipinski definition) is 7. The second-order valence-corrected chi connectivity index (χ2v) is 8.38. The number of aromatic nitrogens is 2. The summed E-state index contributed by atoms with van der Waals surface area (Å²) in [7, 11) is 0. The molecule has 174 valence electrons. The van der Waals surface area contributed by atoms with Gasteiger partial charge in [-0.2, -0.15) is 13.2 Å². The molecule has 2 aromatic heterocycles. The van der Waals surface area contributed by atoms with E-state index in [-0.39, 0.29) is 23.8 Å². The van der Waals surface area contributed by atoms with Gasteiger partial charge in [-0.25, -0.2) is 14.8 Å². The zero-order valence-corrected chi connectivity index (χ0v) is 17.8. The Hall–Kier alpha value is -2.73. The van der Waals surface area contributed by atoms with E-state index in [4.69, 9.17) is 14.6 Å². The molecule has 4 rings (SSSR count). The minimum Gasteiger partial charge on any atom is -0.475 e. The second kappa shape index (κ2) is 10.7. The van der Waals surface area contributed by atoms with Gasteiger partial charge >= 0.3 is 12.1 Å². The predicted octanol–water partition coefficient (Wildman–Crippen LogP) is 2.72. The summed E-state index contributed by atoms with van der Waals surface area (Å²) in [5, 5.41) is 12.3. The molecule has 0 spiro atoms. The van der Waals surface area contributed by atoms with E-state index in [9.17, 15) is 18.0 Å². The number of thiophene rings is 1. The van der Waals surface area contributed by atoms with Crippen LogP contribution in [0.5, 0.6) is 0 Å². The Labute approximate surface area is 186 Å². The quantitative estimate of drug-likeness (QED) is 0.705. The van der Waals surface area contributed by atoms with Crippen molar-refractivity contribution in [1.29, 1.82) is 0 Å². The van der Waals surface area contributed by atoms with E-state index in [0.717, 1.165) is 31.9 Å². The van der Waals surface area contributed by atoms with Crippen LogP contribution in [0.25, 0.3) is 0 Å². The van der Waals surface area contributed by atoms with Crippen LogP contribution in [-0.2, 0) is 20.9 Å². The first kappa shape index (κ1) is 23.9. The summed E-state index contributed by atoms with van der Waals surface area (Å²) >= 11 is 1.67. The molecule has 0 aliphatic carbocycles. The molecule has 0 bridgehead atoms. The molecule has 2 aliphatic rings. The smallest absolute Gasteiger partial charge is 0.475 e. The third kappa shape index (κ3) is 6.39. The van der Waals surface area contributed by atoms with Crippen molar-refractivity contribution in [2.24, 2.45) is 11.8 Å². The number of carbonyl (C=O) groups is 2. The molecule has 2 aliphatic heterocycles. The number of carboxylic acid groups (broad SMARTS) is 1. The SMILES string of the molecule is O=C(NCc1cccs1)[C@@H]1CCO[C@@H]2CCN(c3ncccn3)C[C@H]21.O=C(O)C(F)(F)F. The lowest BCUT2D eigenvalue weighted by molar-refractivity contribution is -0.192. The number of nitrogens with zero attached hydrogens (tertiary/aromatic N) is 3. The van der Waals surface area contributed by atoms with Crippen LogP contribution in [-0.4, -0.2) is 58.9 Å². The monoisotopic (exact) mass is 472 g/mol. The van der Waals surface area contributed by atoms with Crippen LogP contribution >= 0.6 is 11.3 Å². The number of anilines is 1. The fraction of sp³-hybridized carbons (Fsp3) is 0.500. The van der Waals surface area contributed by atoms with Crippen LogP contribution in [0, 0.1) is 11.8 Å². The number of hydrogen-bond donors (Lipinski definition) is 2. The normalized spacial score (nSPS) is 22.8. The van der Waals surface area contributed by atoms with E-state index >= 15 is 0 Å². The number of nitrogens with one attached hydrogen (secondary N) is 1. The van der Waals surface area contributed by atoms with Crippen molar-refractivity contribution in [3.63, 3.8) is 0 Å². The maximum atomic E-state index is 12.8. The first-order valence-corrected chi connectivity index (χ1v) is 10.9. The molecule has 0 unspecified atom stereocenters. The van der Waals surface area contributed by atoms with Crippen molar-refractivity contribution in [3.8, 4) is 0 Å². The highest BCUT2D eigenvalue weighted by Crippen LogP contribution is 2.34. The van der Waals surface area contributed by atoms with E-state index in [2.05, 4.69) is 20.2 Å². The average Bonchev–Trinajstić information content (AvgIpc) is 3.31. The fourth-order valence-electron chi connectivity index (χ4n) is 3.79. The first-order chi connectivity index (χ1) is 15.3. The van der Waals surface area contributed by atoms with E-state index < -0.39 is 12.1 Å². The van der Waals surface area contributed by atoms with E-state index in [0.29, 0.717) is 13.2 Å². The van der Waals surface area contributed by atoms with Gasteiger partial charge in [-0.05, 0) is 30.4 Å². The first-order valence-electron chi connectivity index (χ1n) is 9.99. The van der Waals surface area contributed by atoms with Gasteiger partial charge < -0.3 is 20.1 Å². The topological polar surface area (TPSA) is 105 Å². The Bertz CT molecular complexity index is 883. The predicted molar refractivity (Wildman–Crippen MR) is 110 cm³/mol. The number of alkyl halides is 3. The molecule has 2 fully saturated rings. The summed E-state index contributed by atoms with van der Waals surface area (Å²) in [4.78, 5) is 33.7. The number of carbonyl (C=O) groups excluding carboxylic acids is 1. The summed E-state index contributed by atoms with van der Waals surface area (Å²) in [6, 6.07) is 5.88. The Morgan fingerprint density at radius 2 is 1.97 bits per heavy atom. The molecule has 0 saturated carbocycles. The third-order valence-electron chi connectivity index (χ3n) is 5.30. The number of piperidine rings is 1. The van der Waals surface area contributed by atoms with Gasteiger partial charge in [-0.1, -0.05) is 6.07 Å². The van der Waals surface area contributed by atoms with Gasteiger partial charge in [-0.3, -0.25) is 4.79 Å². The molecule has 0 aromatic carbocycles. The highest BCUT2D eigenvalue weighted by molar-refractivity contribution is 7.09. The molecule has 2 N–H and O–H groups in total. The lowest BCUT2D eigenvalue weighted by Crippen LogP contribution is -2.53. The zero-order chi connectivity index (χ0) is 23.1. The Morgan fingerprint density at radius 1 is 1.25 bits per heavy atom. The lowest BCUT2D eigenvalue weighted by atomic mass is 9.79. The minimum atomic E-state index is -5.08. The van der Waals surface area contributed by atoms with E-state index in [1.807, 2.05) is 23.6 Å². The van der Waals surface area contributed by atoms with Crippen LogP contribution in [0.2, 0.25) is 0 Å². The molecule has 4 heterocycles. The van der Waals surface area contributed by atoms with Crippen molar-refractivity contribution in [3.05, 3.63) is 40.8 Å². The van der Waals surface area contributed by atoms with Crippen LogP contribution in [0.1, 0.15) is 17.7 Å². The third-order valence-corrected chi connectivity index (χ3v) is 6.18. The van der Waals surface area contributed by atoms with Crippen molar-refractivity contribution < 1.29 is 32.6 Å². The van der Waals surface area contributed by atoms with Crippen molar-refractivity contribution in [2.45, 2.75) is 31.7 Å². The van der Waals surface area contributed by atoms with Crippen LogP contribution in [0.15, 0.2) is 36.0 Å². The van der Waals surface area contributed by atoms with Gasteiger partial charge in [0, 0.05) is 48.8 Å². The molecule has 32 heavy (non-hydrogen) atoms. The molecule has 2 saturated heterocycles. The molecular weight excluding hydrogens is 449 g/mol. The van der Waals surface area contributed by atoms with E-state index in [1.54, 1.807) is 23.7 Å². The molecule has 8 nitrogen and oxygen atoms in total. The maximum absolute atomic E-state index is 12.8. The zero-order valence-electron chi connectivity index (χ0n) is 17.0. The van der Waals surface area contributed by atoms with Crippen LogP contribution in [0.3, 0.4) is 0 Å². The standard InChI is InChI=1S/C18H22N4O2S.C2HF3O2/c23-17(21-11-13-3-1-10-25-13)14-5-9-24-16-4-8-22(12-15(14)16)18-19-6-2-7-20-18;3-2(4,5)1(6)7/h1-3,6-7,10,14-16H,4-5,8-9,11-12H2,(H,21,23);(H,6,7)/t14-,15+,16-;/m1./s1. The second-order valence-electron chi connectivity index (χ2n) is 7.35. The number of aliphatic carboxylic acids is 1. The average molecular weight is 472 g/mol. The highest BCUT2D eigenvalue weighted by atomic mass is 32.1. The largest absolute Gasteiger partial charge is 0.490 e. The number of halogens is 3. The molecule has 0 radical (unpaired) electrons. The number of amides is 1.